The zero-order chi connectivity index (χ0) is 15.2. The summed E-state index contributed by atoms with van der Waals surface area (Å²) >= 11 is 1.70. The molecule has 3 N–H and O–H groups in total. The Balaban J connectivity index is 2.13. The van der Waals surface area contributed by atoms with Gasteiger partial charge in [0.15, 0.2) is 5.84 Å². The van der Waals surface area contributed by atoms with Gasteiger partial charge in [0.2, 0.25) is 0 Å². The number of amidine groups is 1. The molecule has 0 saturated heterocycles. The Bertz CT molecular complexity index is 611. The van der Waals surface area contributed by atoms with Crippen LogP contribution in [0.25, 0.3) is 0 Å². The number of oxime groups is 1. The first kappa shape index (κ1) is 15.3. The maximum absolute atomic E-state index is 8.85. The molecule has 2 rings (SSSR count). The third kappa shape index (κ3) is 3.96. The van der Waals surface area contributed by atoms with Crippen molar-refractivity contribution in [2.75, 3.05) is 14.2 Å². The van der Waals surface area contributed by atoms with Gasteiger partial charge in [-0.2, -0.15) is 11.3 Å². The average molecular weight is 305 g/mol. The lowest BCUT2D eigenvalue weighted by Crippen LogP contribution is -2.18. The van der Waals surface area contributed by atoms with E-state index in [4.69, 9.17) is 15.7 Å². The molecule has 0 atom stereocenters. The Morgan fingerprint density at radius 1 is 1.33 bits per heavy atom. The lowest BCUT2D eigenvalue weighted by molar-refractivity contribution is 0.317. The third-order valence-electron chi connectivity index (χ3n) is 3.13. The summed E-state index contributed by atoms with van der Waals surface area (Å²) in [4.78, 5) is 2.21. The summed E-state index contributed by atoms with van der Waals surface area (Å²) in [5.41, 5.74) is 8.66. The SMILES string of the molecule is COc1ccc(CN(C)Cc2ccsc2)cc1C(N)=NO. The molecule has 0 fully saturated rings. The minimum Gasteiger partial charge on any atom is -0.496 e. The molecule has 1 heterocycles. The molecule has 0 spiro atoms. The number of methoxy groups -OCH3 is 1. The second-order valence-corrected chi connectivity index (χ2v) is 5.60. The van der Waals surface area contributed by atoms with Crippen molar-refractivity contribution in [3.05, 3.63) is 51.7 Å². The number of nitrogens with two attached hydrogens (primary N) is 1. The number of hydrogen-bond donors (Lipinski definition) is 2. The van der Waals surface area contributed by atoms with Crippen LogP contribution in [0.2, 0.25) is 0 Å². The fourth-order valence-electron chi connectivity index (χ4n) is 2.17. The molecule has 112 valence electrons. The topological polar surface area (TPSA) is 71.1 Å². The molecule has 0 aliphatic heterocycles. The monoisotopic (exact) mass is 305 g/mol. The standard InChI is InChI=1S/C15H19N3O2S/c1-18(9-12-5-6-21-10-12)8-11-3-4-14(20-2)13(7-11)15(16)17-19/h3-7,10,19H,8-9H2,1-2H3,(H2,16,17). The maximum atomic E-state index is 8.85. The first-order valence-corrected chi connectivity index (χ1v) is 7.42. The lowest BCUT2D eigenvalue weighted by atomic mass is 10.1. The van der Waals surface area contributed by atoms with E-state index in [-0.39, 0.29) is 5.84 Å². The fourth-order valence-corrected chi connectivity index (χ4v) is 2.83. The van der Waals surface area contributed by atoms with Gasteiger partial charge in [-0.25, -0.2) is 0 Å². The van der Waals surface area contributed by atoms with Gasteiger partial charge in [-0.15, -0.1) is 0 Å². The van der Waals surface area contributed by atoms with Crippen LogP contribution in [0.1, 0.15) is 16.7 Å². The van der Waals surface area contributed by atoms with Crippen molar-refractivity contribution in [2.45, 2.75) is 13.1 Å². The van der Waals surface area contributed by atoms with Crippen LogP contribution in [0.5, 0.6) is 5.75 Å². The molecule has 0 bridgehead atoms. The molecule has 1 aromatic heterocycles. The average Bonchev–Trinajstić information content (AvgIpc) is 2.99. The largest absolute Gasteiger partial charge is 0.496 e. The van der Waals surface area contributed by atoms with E-state index in [0.717, 1.165) is 18.7 Å². The molecule has 21 heavy (non-hydrogen) atoms. The number of hydrogen-bond acceptors (Lipinski definition) is 5. The van der Waals surface area contributed by atoms with Crippen LogP contribution >= 0.6 is 11.3 Å². The Morgan fingerprint density at radius 2 is 2.10 bits per heavy atom. The van der Waals surface area contributed by atoms with Gasteiger partial charge in [-0.1, -0.05) is 11.2 Å². The quantitative estimate of drug-likeness (QED) is 0.372. The van der Waals surface area contributed by atoms with Gasteiger partial charge in [0.05, 0.1) is 12.7 Å². The number of ether oxygens (including phenoxy) is 1. The van der Waals surface area contributed by atoms with Crippen LogP contribution in [-0.4, -0.2) is 30.1 Å². The van der Waals surface area contributed by atoms with Crippen molar-refractivity contribution in [1.29, 1.82) is 0 Å². The summed E-state index contributed by atoms with van der Waals surface area (Å²) in [5, 5.41) is 16.1. The van der Waals surface area contributed by atoms with E-state index in [1.165, 1.54) is 5.56 Å². The highest BCUT2D eigenvalue weighted by molar-refractivity contribution is 7.07. The van der Waals surface area contributed by atoms with Gasteiger partial charge >= 0.3 is 0 Å². The second kappa shape index (κ2) is 7.10. The lowest BCUT2D eigenvalue weighted by Gasteiger charge is -2.17. The molecule has 0 radical (unpaired) electrons. The number of rotatable bonds is 6. The number of nitrogens with zero attached hydrogens (tertiary/aromatic N) is 2. The van der Waals surface area contributed by atoms with Crippen molar-refractivity contribution < 1.29 is 9.94 Å². The first-order chi connectivity index (χ1) is 10.1. The summed E-state index contributed by atoms with van der Waals surface area (Å²) in [6.07, 6.45) is 0. The predicted octanol–water partition coefficient (Wildman–Crippen LogP) is 2.48. The van der Waals surface area contributed by atoms with Gasteiger partial charge in [0.25, 0.3) is 0 Å². The number of benzene rings is 1. The summed E-state index contributed by atoms with van der Waals surface area (Å²) in [5.74, 6) is 0.642. The van der Waals surface area contributed by atoms with E-state index in [9.17, 15) is 0 Å². The Labute approximate surface area is 128 Å². The van der Waals surface area contributed by atoms with Crippen molar-refractivity contribution in [2.24, 2.45) is 10.9 Å². The van der Waals surface area contributed by atoms with Gasteiger partial charge in [0, 0.05) is 13.1 Å². The fraction of sp³-hybridized carbons (Fsp3) is 0.267. The van der Waals surface area contributed by atoms with E-state index >= 15 is 0 Å². The molecule has 0 saturated carbocycles. The molecule has 1 aromatic carbocycles. The Morgan fingerprint density at radius 3 is 2.71 bits per heavy atom. The Kier molecular flexibility index (Phi) is 5.19. The highest BCUT2D eigenvalue weighted by Crippen LogP contribution is 2.21. The minimum atomic E-state index is 0.0502. The zero-order valence-corrected chi connectivity index (χ0v) is 12.9. The van der Waals surface area contributed by atoms with Crippen molar-refractivity contribution in [1.82, 2.24) is 4.90 Å². The summed E-state index contributed by atoms with van der Waals surface area (Å²) in [6, 6.07) is 7.83. The van der Waals surface area contributed by atoms with Crippen molar-refractivity contribution in [3.63, 3.8) is 0 Å². The third-order valence-corrected chi connectivity index (χ3v) is 3.86. The first-order valence-electron chi connectivity index (χ1n) is 6.48. The van der Waals surface area contributed by atoms with E-state index in [1.807, 2.05) is 18.2 Å². The van der Waals surface area contributed by atoms with E-state index in [0.29, 0.717) is 11.3 Å². The molecule has 6 heteroatoms. The van der Waals surface area contributed by atoms with Crippen LogP contribution in [0.3, 0.4) is 0 Å². The van der Waals surface area contributed by atoms with Crippen LogP contribution in [0, 0.1) is 0 Å². The van der Waals surface area contributed by atoms with E-state index in [2.05, 4.69) is 33.9 Å². The second-order valence-electron chi connectivity index (χ2n) is 4.82. The van der Waals surface area contributed by atoms with E-state index in [1.54, 1.807) is 18.4 Å². The molecule has 5 nitrogen and oxygen atoms in total. The van der Waals surface area contributed by atoms with Crippen LogP contribution in [0.15, 0.2) is 40.2 Å². The molecule has 0 aliphatic carbocycles. The molecule has 0 unspecified atom stereocenters. The maximum Gasteiger partial charge on any atom is 0.173 e. The Hall–Kier alpha value is -2.05. The summed E-state index contributed by atoms with van der Waals surface area (Å²) in [6.45, 7) is 1.65. The van der Waals surface area contributed by atoms with Gasteiger partial charge in [0.1, 0.15) is 5.75 Å². The van der Waals surface area contributed by atoms with Crippen LogP contribution in [0.4, 0.5) is 0 Å². The van der Waals surface area contributed by atoms with Gasteiger partial charge < -0.3 is 15.7 Å². The number of thiophene rings is 1. The molecule has 2 aromatic rings. The molecular formula is C15H19N3O2S. The molecule has 0 aliphatic rings. The molecule has 0 amide bonds. The summed E-state index contributed by atoms with van der Waals surface area (Å²) in [7, 11) is 3.62. The zero-order valence-electron chi connectivity index (χ0n) is 12.1. The predicted molar refractivity (Wildman–Crippen MR) is 85.0 cm³/mol. The van der Waals surface area contributed by atoms with E-state index < -0.39 is 0 Å². The normalized spacial score (nSPS) is 11.9. The van der Waals surface area contributed by atoms with Crippen molar-refractivity contribution in [3.8, 4) is 5.75 Å². The summed E-state index contributed by atoms with van der Waals surface area (Å²) < 4.78 is 5.23. The smallest absolute Gasteiger partial charge is 0.173 e. The van der Waals surface area contributed by atoms with Crippen LogP contribution < -0.4 is 10.5 Å². The van der Waals surface area contributed by atoms with Gasteiger partial charge in [-0.05, 0) is 47.1 Å². The highest BCUT2D eigenvalue weighted by Gasteiger charge is 2.10. The van der Waals surface area contributed by atoms with Crippen LogP contribution in [-0.2, 0) is 13.1 Å². The van der Waals surface area contributed by atoms with Gasteiger partial charge in [-0.3, -0.25) is 4.90 Å². The minimum absolute atomic E-state index is 0.0502. The van der Waals surface area contributed by atoms with Crippen molar-refractivity contribution >= 4 is 17.2 Å². The highest BCUT2D eigenvalue weighted by atomic mass is 32.1. The molecular weight excluding hydrogens is 286 g/mol.